The Morgan fingerprint density at radius 2 is 1.78 bits per heavy atom. The Morgan fingerprint density at radius 3 is 2.46 bits per heavy atom. The van der Waals surface area contributed by atoms with E-state index in [1.54, 1.807) is 12.2 Å². The molecule has 2 aliphatic carbocycles. The van der Waals surface area contributed by atoms with Crippen LogP contribution in [0.5, 0.6) is 5.75 Å². The van der Waals surface area contributed by atoms with Gasteiger partial charge in [-0.3, -0.25) is 4.72 Å². The average Bonchev–Trinajstić information content (AvgIpc) is 3.16. The molecule has 0 spiro atoms. The van der Waals surface area contributed by atoms with Gasteiger partial charge in [0.1, 0.15) is 17.1 Å². The molecule has 1 saturated heterocycles. The highest BCUT2D eigenvalue weighted by Crippen LogP contribution is 2.44. The van der Waals surface area contributed by atoms with Crippen molar-refractivity contribution in [2.75, 3.05) is 17.9 Å². The molecule has 8 heteroatoms. The van der Waals surface area contributed by atoms with E-state index in [-0.39, 0.29) is 6.10 Å². The van der Waals surface area contributed by atoms with Crippen molar-refractivity contribution in [3.63, 3.8) is 0 Å². The predicted octanol–water partition coefficient (Wildman–Crippen LogP) is 6.82. The maximum Gasteiger partial charge on any atom is 0.239 e. The van der Waals surface area contributed by atoms with Gasteiger partial charge in [0.2, 0.25) is 10.0 Å². The van der Waals surface area contributed by atoms with E-state index in [1.807, 2.05) is 36.4 Å². The summed E-state index contributed by atoms with van der Waals surface area (Å²) in [5, 5.41) is 0.681. The molecule has 2 fully saturated rings. The Balaban J connectivity index is 1.32. The minimum absolute atomic E-state index is 0.202. The zero-order valence-corrected chi connectivity index (χ0v) is 23.6. The summed E-state index contributed by atoms with van der Waals surface area (Å²) in [6, 6.07) is 14.7. The Labute approximate surface area is 231 Å². The second kappa shape index (κ2) is 10.5. The van der Waals surface area contributed by atoms with Crippen LogP contribution in [-0.2, 0) is 14.8 Å². The summed E-state index contributed by atoms with van der Waals surface area (Å²) < 4.78 is 43.9. The Hall–Kier alpha value is -2.30. The van der Waals surface area contributed by atoms with Gasteiger partial charge in [0.25, 0.3) is 0 Å². The van der Waals surface area contributed by atoms with Crippen molar-refractivity contribution >= 4 is 49.2 Å². The van der Waals surface area contributed by atoms with Crippen molar-refractivity contribution in [1.82, 2.24) is 4.57 Å². The van der Waals surface area contributed by atoms with E-state index in [4.69, 9.17) is 9.47 Å². The highest BCUT2D eigenvalue weighted by molar-refractivity contribution is 14.1. The number of rotatable bonds is 7. The van der Waals surface area contributed by atoms with Crippen molar-refractivity contribution < 1.29 is 17.9 Å². The molecule has 37 heavy (non-hydrogen) atoms. The molecular formula is C29H31IN2O4S. The van der Waals surface area contributed by atoms with Crippen LogP contribution in [0.15, 0.2) is 66.8 Å². The topological polar surface area (TPSA) is 69.6 Å². The van der Waals surface area contributed by atoms with Gasteiger partial charge in [-0.15, -0.1) is 0 Å². The van der Waals surface area contributed by atoms with E-state index in [0.29, 0.717) is 18.2 Å². The number of hydrogen-bond acceptors (Lipinski definition) is 4. The summed E-state index contributed by atoms with van der Waals surface area (Å²) in [7, 11) is -3.49. The van der Waals surface area contributed by atoms with Crippen molar-refractivity contribution in [3.8, 4) is 17.0 Å². The van der Waals surface area contributed by atoms with Crippen LogP contribution >= 0.6 is 22.6 Å². The molecule has 0 radical (unpaired) electrons. The number of nitrogens with one attached hydrogen (secondary N) is 1. The quantitative estimate of drug-likeness (QED) is 0.291. The number of benzene rings is 2. The molecule has 3 aromatic rings. The predicted molar refractivity (Wildman–Crippen MR) is 157 cm³/mol. The van der Waals surface area contributed by atoms with E-state index < -0.39 is 15.3 Å². The summed E-state index contributed by atoms with van der Waals surface area (Å²) in [5.41, 5.74) is 4.07. The summed E-state index contributed by atoms with van der Waals surface area (Å²) >= 11 is 2.46. The molecule has 3 aliphatic rings. The van der Waals surface area contributed by atoms with Crippen LogP contribution in [0.3, 0.4) is 0 Å². The average molecular weight is 631 g/mol. The largest absolute Gasteiger partial charge is 0.490 e. The third-order valence-electron chi connectivity index (χ3n) is 7.58. The molecule has 1 saturated carbocycles. The van der Waals surface area contributed by atoms with Crippen molar-refractivity contribution in [1.29, 1.82) is 0 Å². The molecule has 1 aliphatic heterocycles. The molecule has 1 aromatic heterocycles. The standard InChI is InChI=1S/C29H31IN2O4S/c30-28-26-14-13-24(36-23-15-17-35-18-16-23)19-27(26)32(22-5-4-6-22)29(28)20-9-11-21(12-10-20)31-37(33,34)25-7-2-1-3-8-25/h1-3,7,9-14,19,22-23,25,31H,4-6,8,15-18H2. The normalized spacial score (nSPS) is 20.7. The fourth-order valence-electron chi connectivity index (χ4n) is 5.32. The molecule has 6 nitrogen and oxygen atoms in total. The second-order valence-corrected chi connectivity index (χ2v) is 13.0. The molecule has 0 bridgehead atoms. The Morgan fingerprint density at radius 1 is 1.00 bits per heavy atom. The van der Waals surface area contributed by atoms with Gasteiger partial charge in [-0.05, 0) is 78.1 Å². The fourth-order valence-corrected chi connectivity index (χ4v) is 7.63. The maximum absolute atomic E-state index is 12.8. The first-order valence-electron chi connectivity index (χ1n) is 13.0. The molecule has 194 valence electrons. The molecule has 0 amide bonds. The first-order chi connectivity index (χ1) is 18.0. The fraction of sp³-hybridized carbons (Fsp3) is 0.379. The van der Waals surface area contributed by atoms with E-state index in [9.17, 15) is 8.42 Å². The highest BCUT2D eigenvalue weighted by atomic mass is 127. The van der Waals surface area contributed by atoms with Crippen molar-refractivity contribution in [2.24, 2.45) is 0 Å². The number of allylic oxidation sites excluding steroid dienone is 3. The van der Waals surface area contributed by atoms with Gasteiger partial charge in [-0.2, -0.15) is 0 Å². The molecule has 1 unspecified atom stereocenters. The van der Waals surface area contributed by atoms with Crippen LogP contribution in [0.4, 0.5) is 5.69 Å². The number of anilines is 1. The van der Waals surface area contributed by atoms with Crippen LogP contribution in [0.2, 0.25) is 0 Å². The minimum Gasteiger partial charge on any atom is -0.490 e. The monoisotopic (exact) mass is 630 g/mol. The molecule has 2 aromatic carbocycles. The second-order valence-electron chi connectivity index (χ2n) is 10.0. The van der Waals surface area contributed by atoms with Gasteiger partial charge in [-0.1, -0.05) is 36.4 Å². The van der Waals surface area contributed by atoms with Crippen LogP contribution in [0.25, 0.3) is 22.2 Å². The third-order valence-corrected chi connectivity index (χ3v) is 10.3. The van der Waals surface area contributed by atoms with Crippen LogP contribution in [0.1, 0.15) is 44.6 Å². The van der Waals surface area contributed by atoms with E-state index in [2.05, 4.69) is 50.1 Å². The number of halogens is 1. The number of nitrogens with zero attached hydrogens (tertiary/aromatic N) is 1. The van der Waals surface area contributed by atoms with Gasteiger partial charge in [0, 0.05) is 39.6 Å². The highest BCUT2D eigenvalue weighted by Gasteiger charge is 2.28. The van der Waals surface area contributed by atoms with Crippen molar-refractivity contribution in [2.45, 2.75) is 55.9 Å². The first-order valence-corrected chi connectivity index (χ1v) is 15.7. The summed E-state index contributed by atoms with van der Waals surface area (Å²) in [5.74, 6) is 0.914. The molecular weight excluding hydrogens is 599 g/mol. The summed E-state index contributed by atoms with van der Waals surface area (Å²) in [6.07, 6.45) is 13.4. The third kappa shape index (κ3) is 5.07. The first kappa shape index (κ1) is 25.0. The Kier molecular flexibility index (Phi) is 7.07. The molecule has 6 rings (SSSR count). The number of fused-ring (bicyclic) bond motifs is 1. The lowest BCUT2D eigenvalue weighted by Gasteiger charge is -2.30. The smallest absolute Gasteiger partial charge is 0.239 e. The molecule has 1 N–H and O–H groups in total. The lowest BCUT2D eigenvalue weighted by molar-refractivity contribution is 0.0256. The Bertz CT molecular complexity index is 1450. The number of aromatic nitrogens is 1. The maximum atomic E-state index is 12.8. The van der Waals surface area contributed by atoms with Crippen molar-refractivity contribution in [3.05, 3.63) is 70.3 Å². The van der Waals surface area contributed by atoms with E-state index in [1.165, 1.54) is 39.4 Å². The summed E-state index contributed by atoms with van der Waals surface area (Å²) in [4.78, 5) is 0. The van der Waals surface area contributed by atoms with Crippen LogP contribution in [-0.4, -0.2) is 37.6 Å². The zero-order chi connectivity index (χ0) is 25.4. The van der Waals surface area contributed by atoms with Crippen LogP contribution in [0, 0.1) is 3.57 Å². The molecule has 1 atom stereocenters. The lowest BCUT2D eigenvalue weighted by atomic mass is 9.92. The summed E-state index contributed by atoms with van der Waals surface area (Å²) in [6.45, 7) is 1.52. The van der Waals surface area contributed by atoms with Gasteiger partial charge in [-0.25, -0.2) is 8.42 Å². The van der Waals surface area contributed by atoms with Gasteiger partial charge >= 0.3 is 0 Å². The van der Waals surface area contributed by atoms with Gasteiger partial charge in [0.05, 0.1) is 24.4 Å². The minimum atomic E-state index is -3.49. The van der Waals surface area contributed by atoms with Gasteiger partial charge in [0.15, 0.2) is 0 Å². The molecule has 2 heterocycles. The van der Waals surface area contributed by atoms with E-state index >= 15 is 0 Å². The lowest BCUT2D eigenvalue weighted by Crippen LogP contribution is -2.26. The van der Waals surface area contributed by atoms with Gasteiger partial charge < -0.3 is 14.0 Å². The number of hydrogen-bond donors (Lipinski definition) is 1. The zero-order valence-electron chi connectivity index (χ0n) is 20.6. The number of ether oxygens (including phenoxy) is 2. The van der Waals surface area contributed by atoms with E-state index in [0.717, 1.165) is 37.4 Å². The SMILES string of the molecule is O=S(=O)(Nc1ccc(-c2c(I)c3ccc(OC4CCOCC4)cc3n2C2CCC2)cc1)C1C=CC=CC1. The van der Waals surface area contributed by atoms with Crippen LogP contribution < -0.4 is 9.46 Å². The number of sulfonamides is 1.